The minimum atomic E-state index is -0.0837. The fraction of sp³-hybridized carbons (Fsp3) is 0.200. The van der Waals surface area contributed by atoms with E-state index >= 15 is 0 Å². The van der Waals surface area contributed by atoms with Gasteiger partial charge in [-0.1, -0.05) is 36.4 Å². The summed E-state index contributed by atoms with van der Waals surface area (Å²) in [6.45, 7) is 6.20. The molecule has 5 nitrogen and oxygen atoms in total. The van der Waals surface area contributed by atoms with Crippen LogP contribution in [-0.4, -0.2) is 25.0 Å². The van der Waals surface area contributed by atoms with E-state index in [1.165, 1.54) is 0 Å². The van der Waals surface area contributed by atoms with E-state index in [9.17, 15) is 0 Å². The lowest BCUT2D eigenvalue weighted by Gasteiger charge is -2.17. The van der Waals surface area contributed by atoms with Crippen LogP contribution in [0.5, 0.6) is 11.5 Å². The molecule has 0 bridgehead atoms. The Morgan fingerprint density at radius 1 is 1.23 bits per heavy atom. The average Bonchev–Trinajstić information content (AvgIpc) is 2.68. The molecular weight excluding hydrogens is 346 g/mol. The molecule has 0 amide bonds. The number of rotatable bonds is 8. The molecule has 2 aromatic carbocycles. The van der Waals surface area contributed by atoms with E-state index < -0.39 is 0 Å². The molecule has 0 aliphatic rings. The van der Waals surface area contributed by atoms with Crippen LogP contribution in [0, 0.1) is 0 Å². The zero-order valence-corrected chi connectivity index (χ0v) is 15.8. The van der Waals surface area contributed by atoms with Crippen LogP contribution >= 0.6 is 12.2 Å². The number of ether oxygens (including phenoxy) is 2. The van der Waals surface area contributed by atoms with Crippen LogP contribution in [0.4, 0.5) is 0 Å². The van der Waals surface area contributed by atoms with Gasteiger partial charge in [0.15, 0.2) is 16.6 Å². The number of thiocarbonyl (C=S) groups is 1. The first-order chi connectivity index (χ1) is 12.6. The van der Waals surface area contributed by atoms with Crippen LogP contribution in [-0.2, 0) is 0 Å². The zero-order valence-electron chi connectivity index (χ0n) is 14.9. The van der Waals surface area contributed by atoms with Crippen LogP contribution in [0.1, 0.15) is 24.2 Å². The van der Waals surface area contributed by atoms with Crippen molar-refractivity contribution in [2.45, 2.75) is 13.0 Å². The first kappa shape index (κ1) is 19.5. The molecule has 0 fully saturated rings. The lowest BCUT2D eigenvalue weighted by atomic mass is 10.1. The van der Waals surface area contributed by atoms with Crippen molar-refractivity contribution >= 4 is 23.5 Å². The molecule has 0 unspecified atom stereocenters. The van der Waals surface area contributed by atoms with Gasteiger partial charge in [-0.15, -0.1) is 6.58 Å². The standard InChI is InChI=1S/C20H23N3O2S/c1-4-12-21-20(26)23-22-14-16-10-11-18(19(13-16)24-3)25-15(2)17-8-6-5-7-9-17/h4-11,13-15H,1,12H2,2-3H3,(H2,21,23,26)/b22-14-/t15-/m1/s1. The Labute approximate surface area is 159 Å². The highest BCUT2D eigenvalue weighted by molar-refractivity contribution is 7.80. The lowest BCUT2D eigenvalue weighted by Crippen LogP contribution is -2.31. The predicted molar refractivity (Wildman–Crippen MR) is 110 cm³/mol. The molecule has 2 rings (SSSR count). The number of hydrogen-bond acceptors (Lipinski definition) is 4. The van der Waals surface area contributed by atoms with Gasteiger partial charge in [-0.25, -0.2) is 0 Å². The molecule has 2 aromatic rings. The van der Waals surface area contributed by atoms with Crippen LogP contribution in [0.3, 0.4) is 0 Å². The summed E-state index contributed by atoms with van der Waals surface area (Å²) >= 11 is 5.07. The predicted octanol–water partition coefficient (Wildman–Crippen LogP) is 3.82. The van der Waals surface area contributed by atoms with Crippen LogP contribution in [0.15, 0.2) is 66.3 Å². The van der Waals surface area contributed by atoms with Gasteiger partial charge in [0.05, 0.1) is 13.3 Å². The lowest BCUT2D eigenvalue weighted by molar-refractivity contribution is 0.216. The number of nitrogens with zero attached hydrogens (tertiary/aromatic N) is 1. The van der Waals surface area contributed by atoms with Crippen LogP contribution in [0.25, 0.3) is 0 Å². The highest BCUT2D eigenvalue weighted by Crippen LogP contribution is 2.31. The van der Waals surface area contributed by atoms with Gasteiger partial charge in [0, 0.05) is 6.54 Å². The van der Waals surface area contributed by atoms with E-state index in [0.29, 0.717) is 23.2 Å². The number of nitrogens with one attached hydrogen (secondary N) is 2. The van der Waals surface area contributed by atoms with E-state index in [0.717, 1.165) is 11.1 Å². The molecule has 0 aliphatic heterocycles. The number of hydrogen-bond donors (Lipinski definition) is 2. The molecular formula is C20H23N3O2S. The maximum atomic E-state index is 6.04. The van der Waals surface area contributed by atoms with Crippen molar-refractivity contribution in [2.24, 2.45) is 5.10 Å². The first-order valence-electron chi connectivity index (χ1n) is 8.21. The number of benzene rings is 2. The summed E-state index contributed by atoms with van der Waals surface area (Å²) in [6.07, 6.45) is 3.30. The van der Waals surface area contributed by atoms with Gasteiger partial charge in [-0.2, -0.15) is 5.10 Å². The van der Waals surface area contributed by atoms with Crippen molar-refractivity contribution < 1.29 is 9.47 Å². The Hall–Kier alpha value is -2.86. The summed E-state index contributed by atoms with van der Waals surface area (Å²) in [7, 11) is 1.61. The van der Waals surface area contributed by atoms with Crippen LogP contribution < -0.4 is 20.2 Å². The van der Waals surface area contributed by atoms with E-state index in [1.54, 1.807) is 19.4 Å². The van der Waals surface area contributed by atoms with E-state index in [1.807, 2.05) is 55.5 Å². The molecule has 0 spiro atoms. The highest BCUT2D eigenvalue weighted by Gasteiger charge is 2.11. The molecule has 0 saturated carbocycles. The van der Waals surface area contributed by atoms with Gasteiger partial charge in [0.2, 0.25) is 0 Å². The Balaban J connectivity index is 2.02. The van der Waals surface area contributed by atoms with Gasteiger partial charge >= 0.3 is 0 Å². The smallest absolute Gasteiger partial charge is 0.187 e. The molecule has 6 heteroatoms. The Bertz CT molecular complexity index is 763. The zero-order chi connectivity index (χ0) is 18.8. The number of methoxy groups -OCH3 is 1. The quantitative estimate of drug-likeness (QED) is 0.321. The molecule has 0 radical (unpaired) electrons. The van der Waals surface area contributed by atoms with E-state index in [4.69, 9.17) is 21.7 Å². The Morgan fingerprint density at radius 2 is 2.00 bits per heavy atom. The molecule has 0 saturated heterocycles. The first-order valence-corrected chi connectivity index (χ1v) is 8.62. The van der Waals surface area contributed by atoms with Crippen molar-refractivity contribution in [3.8, 4) is 11.5 Å². The SMILES string of the molecule is C=CCNC(=S)N/N=C\c1ccc(O[C@H](C)c2ccccc2)c(OC)c1. The molecule has 0 heterocycles. The molecule has 26 heavy (non-hydrogen) atoms. The summed E-state index contributed by atoms with van der Waals surface area (Å²) in [4.78, 5) is 0. The third-order valence-corrected chi connectivity index (χ3v) is 3.78. The minimum Gasteiger partial charge on any atom is -0.493 e. The Kier molecular flexibility index (Phi) is 7.64. The van der Waals surface area contributed by atoms with Crippen molar-refractivity contribution in [3.63, 3.8) is 0 Å². The summed E-state index contributed by atoms with van der Waals surface area (Å²) in [5, 5.41) is 7.46. The largest absolute Gasteiger partial charge is 0.493 e. The van der Waals surface area contributed by atoms with Gasteiger partial charge < -0.3 is 14.8 Å². The third kappa shape index (κ3) is 5.89. The minimum absolute atomic E-state index is 0.0837. The second-order valence-electron chi connectivity index (χ2n) is 5.45. The third-order valence-electron chi connectivity index (χ3n) is 3.55. The maximum Gasteiger partial charge on any atom is 0.187 e. The van der Waals surface area contributed by atoms with E-state index in [2.05, 4.69) is 22.4 Å². The van der Waals surface area contributed by atoms with Crippen LogP contribution in [0.2, 0.25) is 0 Å². The van der Waals surface area contributed by atoms with Crippen molar-refractivity contribution in [2.75, 3.05) is 13.7 Å². The summed E-state index contributed by atoms with van der Waals surface area (Å²) in [5.41, 5.74) is 4.71. The topological polar surface area (TPSA) is 54.9 Å². The monoisotopic (exact) mass is 369 g/mol. The molecule has 2 N–H and O–H groups in total. The molecule has 0 aromatic heterocycles. The summed E-state index contributed by atoms with van der Waals surface area (Å²) in [5.74, 6) is 1.32. The molecule has 0 aliphatic carbocycles. The number of hydrazone groups is 1. The molecule has 1 atom stereocenters. The normalized spacial score (nSPS) is 11.6. The van der Waals surface area contributed by atoms with Gasteiger partial charge in [-0.3, -0.25) is 5.43 Å². The fourth-order valence-corrected chi connectivity index (χ4v) is 2.35. The van der Waals surface area contributed by atoms with Gasteiger partial charge in [0.1, 0.15) is 6.10 Å². The average molecular weight is 369 g/mol. The highest BCUT2D eigenvalue weighted by atomic mass is 32.1. The van der Waals surface area contributed by atoms with Gasteiger partial charge in [0.25, 0.3) is 0 Å². The fourth-order valence-electron chi connectivity index (χ4n) is 2.21. The second kappa shape index (κ2) is 10.2. The summed E-state index contributed by atoms with van der Waals surface area (Å²) < 4.78 is 11.5. The van der Waals surface area contributed by atoms with Gasteiger partial charge in [-0.05, 0) is 48.5 Å². The van der Waals surface area contributed by atoms with Crippen molar-refractivity contribution in [3.05, 3.63) is 72.3 Å². The Morgan fingerprint density at radius 3 is 2.69 bits per heavy atom. The second-order valence-corrected chi connectivity index (χ2v) is 5.86. The summed E-state index contributed by atoms with van der Waals surface area (Å²) in [6, 6.07) is 15.7. The van der Waals surface area contributed by atoms with E-state index in [-0.39, 0.29) is 6.10 Å². The maximum absolute atomic E-state index is 6.04. The van der Waals surface area contributed by atoms with Crippen molar-refractivity contribution in [1.29, 1.82) is 0 Å². The van der Waals surface area contributed by atoms with Crippen molar-refractivity contribution in [1.82, 2.24) is 10.7 Å². The molecule has 136 valence electrons.